The molecule has 0 bridgehead atoms. The molecule has 0 aromatic heterocycles. The van der Waals surface area contributed by atoms with Crippen LogP contribution in [0.3, 0.4) is 0 Å². The van der Waals surface area contributed by atoms with Gasteiger partial charge < -0.3 is 0 Å². The minimum absolute atomic E-state index is 0.0894. The van der Waals surface area contributed by atoms with Gasteiger partial charge in [0.25, 0.3) is 5.91 Å². The van der Waals surface area contributed by atoms with Crippen molar-refractivity contribution in [3.05, 3.63) is 23.8 Å². The highest BCUT2D eigenvalue weighted by Crippen LogP contribution is 2.11. The van der Waals surface area contributed by atoms with E-state index in [1.165, 1.54) is 12.2 Å². The Morgan fingerprint density at radius 1 is 1.58 bits per heavy atom. The molecule has 1 amide bonds. The summed E-state index contributed by atoms with van der Waals surface area (Å²) >= 11 is 0. The van der Waals surface area contributed by atoms with Crippen molar-refractivity contribution in [2.45, 2.75) is 12.8 Å². The summed E-state index contributed by atoms with van der Waals surface area (Å²) in [6.07, 6.45) is 7.72. The molecule has 3 nitrogen and oxygen atoms in total. The number of allylic oxidation sites excluding steroid dienone is 2. The second-order valence-corrected chi connectivity index (χ2v) is 2.62. The van der Waals surface area contributed by atoms with Gasteiger partial charge in [0.15, 0.2) is 0 Å². The molecule has 0 aromatic rings. The van der Waals surface area contributed by atoms with Crippen LogP contribution in [0, 0.1) is 0 Å². The molecule has 0 saturated carbocycles. The number of hydrogen-bond donors (Lipinski definition) is 0. The van der Waals surface area contributed by atoms with Crippen molar-refractivity contribution in [1.82, 2.24) is 5.06 Å². The van der Waals surface area contributed by atoms with Crippen LogP contribution in [0.1, 0.15) is 12.8 Å². The molecule has 0 aromatic carbocycles. The van der Waals surface area contributed by atoms with Crippen LogP contribution < -0.4 is 0 Å². The molecule has 0 radical (unpaired) electrons. The van der Waals surface area contributed by atoms with Crippen molar-refractivity contribution in [3.8, 4) is 0 Å². The van der Waals surface area contributed by atoms with Crippen LogP contribution in [0.25, 0.3) is 0 Å². The first kappa shape index (κ1) is 9.00. The lowest BCUT2D eigenvalue weighted by Crippen LogP contribution is -2.26. The second-order valence-electron chi connectivity index (χ2n) is 2.62. The van der Waals surface area contributed by atoms with E-state index in [1.807, 2.05) is 18.2 Å². The fraction of sp³-hybridized carbons (Fsp3) is 0.444. The Morgan fingerprint density at radius 3 is 2.83 bits per heavy atom. The van der Waals surface area contributed by atoms with Gasteiger partial charge in [-0.2, -0.15) is 0 Å². The van der Waals surface area contributed by atoms with Crippen LogP contribution in [0.15, 0.2) is 23.8 Å². The first-order chi connectivity index (χ1) is 5.75. The standard InChI is InChI=1S/C9H13NO2/c1-10(12-2)9(11)8-6-4-3-5-7-8/h4,6-7H,3,5H2,1-2H3. The van der Waals surface area contributed by atoms with Crippen LogP contribution in [-0.2, 0) is 9.63 Å². The fourth-order valence-electron chi connectivity index (χ4n) is 1.04. The van der Waals surface area contributed by atoms with E-state index in [9.17, 15) is 4.79 Å². The van der Waals surface area contributed by atoms with E-state index >= 15 is 0 Å². The van der Waals surface area contributed by atoms with E-state index in [0.29, 0.717) is 5.57 Å². The first-order valence-corrected chi connectivity index (χ1v) is 3.94. The minimum atomic E-state index is -0.0894. The first-order valence-electron chi connectivity index (χ1n) is 3.94. The van der Waals surface area contributed by atoms with Crippen molar-refractivity contribution in [1.29, 1.82) is 0 Å². The summed E-state index contributed by atoms with van der Waals surface area (Å²) in [5.41, 5.74) is 0.714. The number of nitrogens with zero attached hydrogens (tertiary/aromatic N) is 1. The number of rotatable bonds is 2. The van der Waals surface area contributed by atoms with Crippen molar-refractivity contribution in [2.24, 2.45) is 0 Å². The number of carbonyl (C=O) groups is 1. The lowest BCUT2D eigenvalue weighted by atomic mass is 10.1. The lowest BCUT2D eigenvalue weighted by molar-refractivity contribution is -0.163. The van der Waals surface area contributed by atoms with Gasteiger partial charge >= 0.3 is 0 Å². The van der Waals surface area contributed by atoms with E-state index in [2.05, 4.69) is 0 Å². The van der Waals surface area contributed by atoms with E-state index in [1.54, 1.807) is 7.05 Å². The van der Waals surface area contributed by atoms with Crippen molar-refractivity contribution < 1.29 is 9.63 Å². The Balaban J connectivity index is 2.63. The molecular weight excluding hydrogens is 154 g/mol. The number of amides is 1. The summed E-state index contributed by atoms with van der Waals surface area (Å²) in [5.74, 6) is -0.0894. The fourth-order valence-corrected chi connectivity index (χ4v) is 1.04. The largest absolute Gasteiger partial charge is 0.276 e. The number of hydroxylamine groups is 2. The molecule has 66 valence electrons. The molecule has 12 heavy (non-hydrogen) atoms. The van der Waals surface area contributed by atoms with Crippen LogP contribution >= 0.6 is 0 Å². The third-order valence-corrected chi connectivity index (χ3v) is 1.80. The van der Waals surface area contributed by atoms with Gasteiger partial charge in [0.05, 0.1) is 7.11 Å². The average Bonchev–Trinajstić information content (AvgIpc) is 2.17. The minimum Gasteiger partial charge on any atom is -0.274 e. The Hall–Kier alpha value is -1.09. The summed E-state index contributed by atoms with van der Waals surface area (Å²) in [6.45, 7) is 0. The Bertz CT molecular complexity index is 231. The predicted molar refractivity (Wildman–Crippen MR) is 46.2 cm³/mol. The van der Waals surface area contributed by atoms with Crippen LogP contribution in [0.4, 0.5) is 0 Å². The smallest absolute Gasteiger partial charge is 0.274 e. The highest BCUT2D eigenvalue weighted by molar-refractivity contribution is 5.95. The van der Waals surface area contributed by atoms with Gasteiger partial charge in [-0.05, 0) is 12.8 Å². The van der Waals surface area contributed by atoms with Crippen LogP contribution in [0.2, 0.25) is 0 Å². The SMILES string of the molecule is CON(C)C(=O)C1=CCCC=C1. The molecule has 3 heteroatoms. The summed E-state index contributed by atoms with van der Waals surface area (Å²) in [7, 11) is 3.08. The maximum atomic E-state index is 11.4. The van der Waals surface area contributed by atoms with Gasteiger partial charge in [0, 0.05) is 12.6 Å². The molecule has 1 aliphatic rings. The van der Waals surface area contributed by atoms with E-state index in [4.69, 9.17) is 4.84 Å². The molecule has 0 N–H and O–H groups in total. The van der Waals surface area contributed by atoms with Gasteiger partial charge in [-0.25, -0.2) is 5.06 Å². The molecular formula is C9H13NO2. The highest BCUT2D eigenvalue weighted by Gasteiger charge is 2.12. The molecule has 0 heterocycles. The van der Waals surface area contributed by atoms with Gasteiger partial charge in [-0.3, -0.25) is 9.63 Å². The number of likely N-dealkylation sites (N-methyl/N-ethyl adjacent to an activating group) is 1. The van der Waals surface area contributed by atoms with Crippen LogP contribution in [-0.4, -0.2) is 25.1 Å². The Labute approximate surface area is 72.3 Å². The third-order valence-electron chi connectivity index (χ3n) is 1.80. The van der Waals surface area contributed by atoms with Crippen molar-refractivity contribution >= 4 is 5.91 Å². The van der Waals surface area contributed by atoms with E-state index < -0.39 is 0 Å². The Kier molecular flexibility index (Phi) is 3.05. The van der Waals surface area contributed by atoms with Crippen molar-refractivity contribution in [2.75, 3.05) is 14.2 Å². The highest BCUT2D eigenvalue weighted by atomic mass is 16.7. The van der Waals surface area contributed by atoms with Gasteiger partial charge in [0.2, 0.25) is 0 Å². The van der Waals surface area contributed by atoms with Gasteiger partial charge in [0.1, 0.15) is 0 Å². The third kappa shape index (κ3) is 1.95. The Morgan fingerprint density at radius 2 is 2.33 bits per heavy atom. The summed E-state index contributed by atoms with van der Waals surface area (Å²) in [6, 6.07) is 0. The quantitative estimate of drug-likeness (QED) is 0.580. The second kappa shape index (κ2) is 4.07. The maximum Gasteiger partial charge on any atom is 0.276 e. The van der Waals surface area contributed by atoms with E-state index in [-0.39, 0.29) is 5.91 Å². The molecule has 0 fully saturated rings. The zero-order valence-corrected chi connectivity index (χ0v) is 7.41. The molecule has 0 aliphatic heterocycles. The molecule has 0 atom stereocenters. The topological polar surface area (TPSA) is 29.5 Å². The molecule has 0 spiro atoms. The molecule has 1 aliphatic carbocycles. The molecule has 0 unspecified atom stereocenters. The zero-order valence-electron chi connectivity index (χ0n) is 7.41. The maximum absolute atomic E-state index is 11.4. The van der Waals surface area contributed by atoms with Crippen LogP contribution in [0.5, 0.6) is 0 Å². The van der Waals surface area contributed by atoms with Gasteiger partial charge in [-0.1, -0.05) is 18.2 Å². The van der Waals surface area contributed by atoms with Gasteiger partial charge in [-0.15, -0.1) is 0 Å². The average molecular weight is 167 g/mol. The number of carbonyl (C=O) groups excluding carboxylic acids is 1. The zero-order chi connectivity index (χ0) is 8.97. The predicted octanol–water partition coefficient (Wildman–Crippen LogP) is 1.28. The van der Waals surface area contributed by atoms with E-state index in [0.717, 1.165) is 12.8 Å². The lowest BCUT2D eigenvalue weighted by Gasteiger charge is -2.15. The number of hydrogen-bond acceptors (Lipinski definition) is 2. The molecule has 1 rings (SSSR count). The summed E-state index contributed by atoms with van der Waals surface area (Å²) in [4.78, 5) is 16.2. The summed E-state index contributed by atoms with van der Waals surface area (Å²) < 4.78 is 0. The normalized spacial score (nSPS) is 15.7. The van der Waals surface area contributed by atoms with Crippen molar-refractivity contribution in [3.63, 3.8) is 0 Å². The molecule has 0 saturated heterocycles. The summed E-state index contributed by atoms with van der Waals surface area (Å²) in [5, 5.41) is 1.22. The monoisotopic (exact) mass is 167 g/mol.